The molecular weight excluding hydrogens is 440 g/mol. The molecule has 0 spiro atoms. The maximum absolute atomic E-state index is 9.29. The zero-order valence-corrected chi connectivity index (χ0v) is 19.2. The van der Waals surface area contributed by atoms with Crippen LogP contribution in [0.5, 0.6) is 0 Å². The summed E-state index contributed by atoms with van der Waals surface area (Å²) in [4.78, 5) is 3.72. The van der Waals surface area contributed by atoms with Crippen LogP contribution in [0.4, 0.5) is 5.69 Å². The molecule has 0 unspecified atom stereocenters. The van der Waals surface area contributed by atoms with Crippen LogP contribution in [0.3, 0.4) is 0 Å². The molecule has 7 aromatic rings. The van der Waals surface area contributed by atoms with Crippen molar-refractivity contribution < 1.29 is 0 Å². The second kappa shape index (κ2) is 7.60. The third-order valence-electron chi connectivity index (χ3n) is 6.96. The molecule has 4 nitrogen and oxygen atoms in total. The van der Waals surface area contributed by atoms with E-state index >= 15 is 0 Å². The van der Waals surface area contributed by atoms with E-state index in [4.69, 9.17) is 6.57 Å². The molecule has 0 amide bonds. The van der Waals surface area contributed by atoms with E-state index in [2.05, 4.69) is 86.8 Å². The van der Waals surface area contributed by atoms with Crippen molar-refractivity contribution in [1.82, 2.24) is 9.13 Å². The Kier molecular flexibility index (Phi) is 4.24. The zero-order chi connectivity index (χ0) is 24.2. The van der Waals surface area contributed by atoms with Crippen LogP contribution in [0, 0.1) is 17.9 Å². The molecule has 0 bridgehead atoms. The van der Waals surface area contributed by atoms with Crippen molar-refractivity contribution in [2.75, 3.05) is 0 Å². The van der Waals surface area contributed by atoms with E-state index in [0.717, 1.165) is 44.2 Å². The van der Waals surface area contributed by atoms with Crippen LogP contribution in [0.25, 0.3) is 59.8 Å². The summed E-state index contributed by atoms with van der Waals surface area (Å²) >= 11 is 0. The predicted octanol–water partition coefficient (Wildman–Crippen LogP) is 8.30. The maximum Gasteiger partial charge on any atom is 0.188 e. The third-order valence-corrected chi connectivity index (χ3v) is 6.96. The Balaban J connectivity index is 1.67. The van der Waals surface area contributed by atoms with Crippen molar-refractivity contribution in [3.63, 3.8) is 0 Å². The summed E-state index contributed by atoms with van der Waals surface area (Å²) in [6, 6.07) is 39.1. The fourth-order valence-corrected chi connectivity index (χ4v) is 5.44. The number of hydrogen-bond donors (Lipinski definition) is 0. The molecule has 7 rings (SSSR count). The predicted molar refractivity (Wildman–Crippen MR) is 146 cm³/mol. The SMILES string of the molecule is [C-]#[N+]c1ccc2c(c1)c1c(-n3c4ccccc4c4ccccc43)cccc1n2-c1ccc(C#N)cc1. The van der Waals surface area contributed by atoms with Crippen LogP contribution in [0.2, 0.25) is 0 Å². The van der Waals surface area contributed by atoms with Crippen LogP contribution in [0.15, 0.2) is 109 Å². The first-order valence-corrected chi connectivity index (χ1v) is 11.7. The molecular formula is C32H18N4. The molecule has 0 fully saturated rings. The molecule has 0 saturated carbocycles. The molecule has 0 aliphatic heterocycles. The van der Waals surface area contributed by atoms with Gasteiger partial charge in [-0.25, -0.2) is 4.85 Å². The summed E-state index contributed by atoms with van der Waals surface area (Å²) in [6.07, 6.45) is 0. The van der Waals surface area contributed by atoms with Crippen LogP contribution in [-0.4, -0.2) is 9.13 Å². The summed E-state index contributed by atoms with van der Waals surface area (Å²) in [6.45, 7) is 7.63. The van der Waals surface area contributed by atoms with Gasteiger partial charge in [0.15, 0.2) is 5.69 Å². The standard InChI is InChI=1S/C32H18N4/c1-34-22-15-18-29-26(19-22)32-30(35(29)23-16-13-21(20-33)14-17-23)11-6-12-31(32)36-27-9-4-2-7-24(27)25-8-3-5-10-28(25)36/h2-19H. The Bertz CT molecular complexity index is 2010. The topological polar surface area (TPSA) is 38.0 Å². The van der Waals surface area contributed by atoms with Crippen molar-refractivity contribution in [3.8, 4) is 17.4 Å². The van der Waals surface area contributed by atoms with Gasteiger partial charge in [0.1, 0.15) is 0 Å². The van der Waals surface area contributed by atoms with Gasteiger partial charge in [0.2, 0.25) is 0 Å². The van der Waals surface area contributed by atoms with Gasteiger partial charge in [-0.1, -0.05) is 48.5 Å². The number of nitriles is 1. The van der Waals surface area contributed by atoms with Gasteiger partial charge in [-0.15, -0.1) is 0 Å². The first-order valence-electron chi connectivity index (χ1n) is 11.7. The van der Waals surface area contributed by atoms with Crippen molar-refractivity contribution in [2.45, 2.75) is 0 Å². The monoisotopic (exact) mass is 458 g/mol. The number of rotatable bonds is 2. The van der Waals surface area contributed by atoms with Crippen LogP contribution >= 0.6 is 0 Å². The average Bonchev–Trinajstić information content (AvgIpc) is 3.46. The second-order valence-corrected chi connectivity index (χ2v) is 8.85. The van der Waals surface area contributed by atoms with Gasteiger partial charge in [-0.2, -0.15) is 5.26 Å². The minimum absolute atomic E-state index is 0.610. The molecule has 166 valence electrons. The third kappa shape index (κ3) is 2.73. The number of aromatic nitrogens is 2. The molecule has 2 aromatic heterocycles. The number of benzene rings is 5. The number of hydrogen-bond acceptors (Lipinski definition) is 1. The molecule has 5 aromatic carbocycles. The van der Waals surface area contributed by atoms with Crippen LogP contribution < -0.4 is 0 Å². The highest BCUT2D eigenvalue weighted by Crippen LogP contribution is 2.40. The molecule has 4 heteroatoms. The molecule has 0 aliphatic carbocycles. The normalized spacial score (nSPS) is 11.3. The zero-order valence-electron chi connectivity index (χ0n) is 19.2. The fourth-order valence-electron chi connectivity index (χ4n) is 5.44. The molecule has 36 heavy (non-hydrogen) atoms. The number of fused-ring (bicyclic) bond motifs is 6. The smallest absolute Gasteiger partial charge is 0.188 e. The summed E-state index contributed by atoms with van der Waals surface area (Å²) in [5.41, 5.74) is 7.65. The van der Waals surface area contributed by atoms with Crippen LogP contribution in [0.1, 0.15) is 5.56 Å². The van der Waals surface area contributed by atoms with Gasteiger partial charge in [-0.05, 0) is 66.0 Å². The maximum atomic E-state index is 9.29. The lowest BCUT2D eigenvalue weighted by molar-refractivity contribution is 1.17. The number of para-hydroxylation sites is 2. The lowest BCUT2D eigenvalue weighted by Gasteiger charge is -2.11. The van der Waals surface area contributed by atoms with Gasteiger partial charge in [0, 0.05) is 21.8 Å². The molecule has 0 N–H and O–H groups in total. The Morgan fingerprint density at radius 2 is 1.25 bits per heavy atom. The molecule has 2 heterocycles. The molecule has 0 saturated heterocycles. The summed E-state index contributed by atoms with van der Waals surface area (Å²) in [5.74, 6) is 0. The summed E-state index contributed by atoms with van der Waals surface area (Å²) in [7, 11) is 0. The largest absolute Gasteiger partial charge is 0.309 e. The summed E-state index contributed by atoms with van der Waals surface area (Å²) in [5, 5.41) is 13.8. The Morgan fingerprint density at radius 3 is 1.92 bits per heavy atom. The van der Waals surface area contributed by atoms with Gasteiger partial charge in [0.05, 0.1) is 46.0 Å². The second-order valence-electron chi connectivity index (χ2n) is 8.85. The van der Waals surface area contributed by atoms with Crippen molar-refractivity contribution in [2.24, 2.45) is 0 Å². The van der Waals surface area contributed by atoms with E-state index in [9.17, 15) is 5.26 Å². The van der Waals surface area contributed by atoms with E-state index in [1.54, 1.807) is 0 Å². The highest BCUT2D eigenvalue weighted by molar-refractivity contribution is 6.17. The van der Waals surface area contributed by atoms with Gasteiger partial charge in [-0.3, -0.25) is 0 Å². The first kappa shape index (κ1) is 20.1. The Labute approximate surface area is 207 Å². The molecule has 0 atom stereocenters. The minimum Gasteiger partial charge on any atom is -0.309 e. The van der Waals surface area contributed by atoms with Crippen molar-refractivity contribution >= 4 is 49.3 Å². The number of nitrogens with zero attached hydrogens (tertiary/aromatic N) is 4. The molecule has 0 aliphatic rings. The quantitative estimate of drug-likeness (QED) is 0.240. The molecule has 0 radical (unpaired) electrons. The first-order chi connectivity index (χ1) is 17.8. The van der Waals surface area contributed by atoms with Gasteiger partial charge >= 0.3 is 0 Å². The lowest BCUT2D eigenvalue weighted by atomic mass is 10.1. The Morgan fingerprint density at radius 1 is 0.611 bits per heavy atom. The van der Waals surface area contributed by atoms with Gasteiger partial charge < -0.3 is 9.13 Å². The van der Waals surface area contributed by atoms with E-state index < -0.39 is 0 Å². The van der Waals surface area contributed by atoms with Crippen molar-refractivity contribution in [3.05, 3.63) is 126 Å². The minimum atomic E-state index is 0.610. The average molecular weight is 459 g/mol. The highest BCUT2D eigenvalue weighted by atomic mass is 15.0. The fraction of sp³-hybridized carbons (Fsp3) is 0. The Hall–Kier alpha value is -5.32. The van der Waals surface area contributed by atoms with E-state index in [1.807, 2.05) is 42.5 Å². The van der Waals surface area contributed by atoms with E-state index in [0.29, 0.717) is 11.3 Å². The van der Waals surface area contributed by atoms with E-state index in [1.165, 1.54) is 10.8 Å². The van der Waals surface area contributed by atoms with Crippen LogP contribution in [-0.2, 0) is 0 Å². The van der Waals surface area contributed by atoms with Crippen molar-refractivity contribution in [1.29, 1.82) is 5.26 Å². The van der Waals surface area contributed by atoms with E-state index in [-0.39, 0.29) is 0 Å². The van der Waals surface area contributed by atoms with Gasteiger partial charge in [0.25, 0.3) is 0 Å². The summed E-state index contributed by atoms with van der Waals surface area (Å²) < 4.78 is 4.55. The lowest BCUT2D eigenvalue weighted by Crippen LogP contribution is -1.96. The highest BCUT2D eigenvalue weighted by Gasteiger charge is 2.19.